The molecule has 3 rings (SSSR count). The lowest BCUT2D eigenvalue weighted by Crippen LogP contribution is -2.34. The summed E-state index contributed by atoms with van der Waals surface area (Å²) in [5, 5.41) is 16.5. The van der Waals surface area contributed by atoms with Gasteiger partial charge in [0.05, 0.1) is 18.1 Å². The Labute approximate surface area is 216 Å². The predicted molar refractivity (Wildman–Crippen MR) is 130 cm³/mol. The van der Waals surface area contributed by atoms with Gasteiger partial charge in [0, 0.05) is 29.8 Å². The van der Waals surface area contributed by atoms with Crippen LogP contribution in [0.15, 0.2) is 40.8 Å². The summed E-state index contributed by atoms with van der Waals surface area (Å²) in [6.45, 7) is 6.24. The summed E-state index contributed by atoms with van der Waals surface area (Å²) in [6, 6.07) is 5.94. The van der Waals surface area contributed by atoms with Crippen LogP contribution in [0, 0.1) is 21.7 Å². The molecule has 2 amide bonds. The fourth-order valence-electron chi connectivity index (χ4n) is 3.35. The molecule has 1 atom stereocenters. The second-order valence-corrected chi connectivity index (χ2v) is 9.16. The topological polar surface area (TPSA) is 146 Å². The minimum Gasteiger partial charge on any atom is -0.490 e. The van der Waals surface area contributed by atoms with E-state index in [0.717, 1.165) is 12.1 Å². The van der Waals surface area contributed by atoms with Crippen molar-refractivity contribution in [3.8, 4) is 17.2 Å². The quantitative estimate of drug-likeness (QED) is 0.303. The molecule has 38 heavy (non-hydrogen) atoms. The number of alkyl carbamates (subject to hydrolysis) is 1. The van der Waals surface area contributed by atoms with Crippen LogP contribution in [0.25, 0.3) is 11.5 Å². The van der Waals surface area contributed by atoms with Crippen LogP contribution in [0.4, 0.5) is 19.3 Å². The van der Waals surface area contributed by atoms with Gasteiger partial charge < -0.3 is 24.5 Å². The van der Waals surface area contributed by atoms with Crippen LogP contribution in [0.1, 0.15) is 55.5 Å². The number of oxazole rings is 1. The number of carbonyl (C=O) groups is 2. The number of rotatable bonds is 8. The second kappa shape index (κ2) is 11.2. The fraction of sp³-hybridized carbons (Fsp3) is 0.320. The van der Waals surface area contributed by atoms with E-state index in [1.807, 2.05) is 0 Å². The van der Waals surface area contributed by atoms with Crippen LogP contribution in [-0.2, 0) is 11.3 Å². The largest absolute Gasteiger partial charge is 0.490 e. The number of hydrogen-bond donors (Lipinski definition) is 2. The predicted octanol–water partition coefficient (Wildman–Crippen LogP) is 5.05. The molecule has 1 heterocycles. The zero-order valence-corrected chi connectivity index (χ0v) is 21.3. The lowest BCUT2D eigenvalue weighted by Gasteiger charge is -2.21. The summed E-state index contributed by atoms with van der Waals surface area (Å²) in [5.74, 6) is -2.64. The molecule has 0 aliphatic rings. The van der Waals surface area contributed by atoms with Crippen molar-refractivity contribution in [2.24, 2.45) is 0 Å². The lowest BCUT2D eigenvalue weighted by atomic mass is 10.1. The van der Waals surface area contributed by atoms with Gasteiger partial charge in [-0.2, -0.15) is 0 Å². The third-order valence-corrected chi connectivity index (χ3v) is 5.07. The Morgan fingerprint density at radius 2 is 1.89 bits per heavy atom. The molecule has 0 saturated heterocycles. The fourth-order valence-corrected chi connectivity index (χ4v) is 3.35. The van der Waals surface area contributed by atoms with Crippen molar-refractivity contribution in [1.29, 1.82) is 0 Å². The van der Waals surface area contributed by atoms with E-state index in [2.05, 4.69) is 15.6 Å². The van der Waals surface area contributed by atoms with Gasteiger partial charge in [-0.25, -0.2) is 18.6 Å². The van der Waals surface area contributed by atoms with Gasteiger partial charge in [0.2, 0.25) is 5.89 Å². The van der Waals surface area contributed by atoms with E-state index in [1.54, 1.807) is 20.8 Å². The number of halogens is 2. The average molecular weight is 533 g/mol. The Balaban J connectivity index is 1.97. The average Bonchev–Trinajstić information content (AvgIpc) is 3.27. The molecule has 3 aromatic rings. The number of ether oxygens (including phenoxy) is 2. The van der Waals surface area contributed by atoms with Crippen LogP contribution in [-0.4, -0.2) is 34.6 Å². The molecule has 0 aliphatic heterocycles. The van der Waals surface area contributed by atoms with E-state index >= 15 is 0 Å². The molecule has 0 fully saturated rings. The van der Waals surface area contributed by atoms with Crippen molar-refractivity contribution in [1.82, 2.24) is 15.6 Å². The van der Waals surface area contributed by atoms with E-state index < -0.39 is 40.2 Å². The normalized spacial score (nSPS) is 12.0. The first-order valence-electron chi connectivity index (χ1n) is 11.3. The number of hydrogen-bond acceptors (Lipinski definition) is 8. The summed E-state index contributed by atoms with van der Waals surface area (Å²) in [6.07, 6.45) is -0.789. The van der Waals surface area contributed by atoms with Crippen LogP contribution >= 0.6 is 0 Å². The Morgan fingerprint density at radius 1 is 1.18 bits per heavy atom. The molecule has 1 unspecified atom stereocenters. The Morgan fingerprint density at radius 3 is 2.50 bits per heavy atom. The molecular formula is C25H26F2N4O7. The first-order chi connectivity index (χ1) is 17.8. The standard InChI is InChI=1S/C25H26F2N4O7/c1-13(29-24(33)38-25(2,3)4)21-20(22(32)28-12-15-6-8-16(26)11-17(15)27)30-23(37-21)14-7-9-19(36-5)18(10-14)31(34)35/h6-11,13H,12H2,1-5H3,(H,28,32)(H,29,33). The Bertz CT molecular complexity index is 1370. The third-order valence-electron chi connectivity index (χ3n) is 5.07. The van der Waals surface area contributed by atoms with E-state index in [-0.39, 0.29) is 46.5 Å². The van der Waals surface area contributed by atoms with E-state index in [1.165, 1.54) is 32.2 Å². The number of nitro groups is 1. The number of aromatic nitrogens is 1. The molecule has 0 aliphatic carbocycles. The molecule has 13 heteroatoms. The highest BCUT2D eigenvalue weighted by Crippen LogP contribution is 2.33. The van der Waals surface area contributed by atoms with E-state index in [9.17, 15) is 28.5 Å². The minimum absolute atomic E-state index is 0.00443. The lowest BCUT2D eigenvalue weighted by molar-refractivity contribution is -0.385. The minimum atomic E-state index is -0.928. The van der Waals surface area contributed by atoms with Gasteiger partial charge in [0.15, 0.2) is 17.2 Å². The molecule has 202 valence electrons. The SMILES string of the molecule is COc1ccc(-c2nc(C(=O)NCc3ccc(F)cc3F)c(C(C)NC(=O)OC(C)(C)C)o2)cc1[N+](=O)[O-]. The molecule has 0 saturated carbocycles. The second-order valence-electron chi connectivity index (χ2n) is 9.16. The number of nitrogens with one attached hydrogen (secondary N) is 2. The monoisotopic (exact) mass is 532 g/mol. The maximum Gasteiger partial charge on any atom is 0.408 e. The van der Waals surface area contributed by atoms with Gasteiger partial charge in [0.1, 0.15) is 17.2 Å². The zero-order chi connectivity index (χ0) is 28.2. The smallest absolute Gasteiger partial charge is 0.408 e. The van der Waals surface area contributed by atoms with Gasteiger partial charge in [-0.1, -0.05) is 6.07 Å². The Kier molecular flexibility index (Phi) is 8.29. The van der Waals surface area contributed by atoms with E-state index in [0.29, 0.717) is 6.07 Å². The van der Waals surface area contributed by atoms with Gasteiger partial charge in [-0.3, -0.25) is 14.9 Å². The maximum atomic E-state index is 14.0. The molecule has 11 nitrogen and oxygen atoms in total. The van der Waals surface area contributed by atoms with Gasteiger partial charge >= 0.3 is 11.8 Å². The number of benzene rings is 2. The van der Waals surface area contributed by atoms with Crippen molar-refractivity contribution >= 4 is 17.7 Å². The van der Waals surface area contributed by atoms with Crippen molar-refractivity contribution in [2.45, 2.75) is 45.9 Å². The molecular weight excluding hydrogens is 506 g/mol. The molecule has 2 N–H and O–H groups in total. The van der Waals surface area contributed by atoms with Crippen molar-refractivity contribution < 1.29 is 37.2 Å². The zero-order valence-electron chi connectivity index (χ0n) is 21.3. The number of amides is 2. The summed E-state index contributed by atoms with van der Waals surface area (Å²) in [4.78, 5) is 40.4. The number of nitro benzene ring substituents is 1. The molecule has 1 aromatic heterocycles. The highest BCUT2D eigenvalue weighted by Gasteiger charge is 2.28. The van der Waals surface area contributed by atoms with Crippen molar-refractivity contribution in [2.75, 3.05) is 7.11 Å². The summed E-state index contributed by atoms with van der Waals surface area (Å²) in [5.41, 5.74) is -1.23. The van der Waals surface area contributed by atoms with Gasteiger partial charge in [0.25, 0.3) is 5.91 Å². The van der Waals surface area contributed by atoms with Crippen LogP contribution < -0.4 is 15.4 Å². The summed E-state index contributed by atoms with van der Waals surface area (Å²) in [7, 11) is 1.28. The van der Waals surface area contributed by atoms with Crippen molar-refractivity contribution in [3.05, 3.63) is 75.2 Å². The number of methoxy groups -OCH3 is 1. The van der Waals surface area contributed by atoms with Crippen LogP contribution in [0.3, 0.4) is 0 Å². The molecule has 0 bridgehead atoms. The number of nitrogens with zero attached hydrogens (tertiary/aromatic N) is 2. The Hall–Kier alpha value is -4.55. The van der Waals surface area contributed by atoms with Crippen LogP contribution in [0.2, 0.25) is 0 Å². The maximum absolute atomic E-state index is 14.0. The van der Waals surface area contributed by atoms with E-state index in [4.69, 9.17) is 13.9 Å². The first kappa shape index (κ1) is 28.0. The molecule has 0 spiro atoms. The van der Waals surface area contributed by atoms with Crippen molar-refractivity contribution in [3.63, 3.8) is 0 Å². The summed E-state index contributed by atoms with van der Waals surface area (Å²) < 4.78 is 43.3. The number of carbonyl (C=O) groups excluding carboxylic acids is 2. The summed E-state index contributed by atoms with van der Waals surface area (Å²) >= 11 is 0. The highest BCUT2D eigenvalue weighted by atomic mass is 19.1. The molecule has 0 radical (unpaired) electrons. The third kappa shape index (κ3) is 6.81. The molecule has 2 aromatic carbocycles. The van der Waals surface area contributed by atoms with Gasteiger partial charge in [-0.15, -0.1) is 0 Å². The first-order valence-corrected chi connectivity index (χ1v) is 11.3. The van der Waals surface area contributed by atoms with Crippen LogP contribution in [0.5, 0.6) is 5.75 Å². The van der Waals surface area contributed by atoms with Gasteiger partial charge in [-0.05, 0) is 45.9 Å². The highest BCUT2D eigenvalue weighted by molar-refractivity contribution is 5.94.